The zero-order valence-corrected chi connectivity index (χ0v) is 16.2. The van der Waals surface area contributed by atoms with Crippen LogP contribution in [0, 0.1) is 0 Å². The van der Waals surface area contributed by atoms with E-state index >= 15 is 0 Å². The molecule has 0 aliphatic carbocycles. The fourth-order valence-electron chi connectivity index (χ4n) is 1.05. The maximum atomic E-state index is 4.47. The lowest BCUT2D eigenvalue weighted by molar-refractivity contribution is 0.557. The van der Waals surface area contributed by atoms with Crippen LogP contribution in [-0.4, -0.2) is 29.9 Å². The second-order valence-electron chi connectivity index (χ2n) is 4.05. The van der Waals surface area contributed by atoms with Crippen molar-refractivity contribution in [2.75, 3.05) is 0 Å². The van der Waals surface area contributed by atoms with Gasteiger partial charge < -0.3 is 32.7 Å². The summed E-state index contributed by atoms with van der Waals surface area (Å²) in [6, 6.07) is 0. The molecule has 0 aromatic carbocycles. The van der Waals surface area contributed by atoms with E-state index in [2.05, 4.69) is 56.4 Å². The molecule has 0 saturated carbocycles. The van der Waals surface area contributed by atoms with Crippen molar-refractivity contribution < 1.29 is 26.5 Å². The highest BCUT2D eigenvalue weighted by Crippen LogP contribution is 1.74. The highest BCUT2D eigenvalue weighted by molar-refractivity contribution is 4.58. The van der Waals surface area contributed by atoms with E-state index in [0.717, 1.165) is 0 Å². The molecule has 0 spiro atoms. The second-order valence-corrected chi connectivity index (χ2v) is 4.05. The van der Waals surface area contributed by atoms with E-state index in [4.69, 9.17) is 0 Å². The zero-order chi connectivity index (χ0) is 21.2. The molecule has 6 rings (SSSR count). The van der Waals surface area contributed by atoms with Gasteiger partial charge in [-0.25, -0.2) is 29.9 Å². The number of nitrogens with zero attached hydrogens (tertiary/aromatic N) is 6. The molecule has 0 aliphatic heterocycles. The minimum absolute atomic E-state index is 0. The van der Waals surface area contributed by atoms with Gasteiger partial charge in [0.15, 0.2) is 38.4 Å². The molecule has 31 heavy (non-hydrogen) atoms. The van der Waals surface area contributed by atoms with Crippen LogP contribution in [0.25, 0.3) is 0 Å². The molecular weight excluding hydrogens is 410 g/mol. The van der Waals surface area contributed by atoms with Crippen molar-refractivity contribution in [1.82, 2.24) is 36.1 Å². The van der Waals surface area contributed by atoms with Crippen molar-refractivity contribution in [2.24, 2.45) is 0 Å². The Labute approximate surface area is 176 Å². The van der Waals surface area contributed by atoms with Crippen molar-refractivity contribution in [3.63, 3.8) is 0 Å². The average molecular weight is 431 g/mol. The summed E-state index contributed by atoms with van der Waals surface area (Å²) in [5.74, 6) is 0. The van der Waals surface area contributed by atoms with Crippen LogP contribution in [-0.2, 0) is 0 Å². The second kappa shape index (κ2) is 23.3. The Morgan fingerprint density at radius 3 is 0.484 bits per heavy atom. The normalized spacial score (nSPS) is 7.74. The molecule has 164 valence electrons. The number of rotatable bonds is 0. The van der Waals surface area contributed by atoms with E-state index in [9.17, 15) is 0 Å². The molecule has 3 N–H and O–H groups in total. The van der Waals surface area contributed by atoms with E-state index < -0.39 is 0 Å². The van der Waals surface area contributed by atoms with Crippen LogP contribution in [0.15, 0.2) is 140 Å². The molecule has 0 saturated heterocycles. The van der Waals surface area contributed by atoms with Gasteiger partial charge in [0.2, 0.25) is 0 Å². The Hall–Kier alpha value is -4.78. The van der Waals surface area contributed by atoms with Crippen molar-refractivity contribution in [2.45, 2.75) is 0 Å². The van der Waals surface area contributed by atoms with Crippen molar-refractivity contribution in [1.29, 1.82) is 0 Å². The molecule has 0 fully saturated rings. The standard InChI is InChI=1S/6C3H3NO.H3N/c6*1-2-5-3-4-1;/h6*1-3H;1H3. The molecule has 0 radical (unpaired) electrons. The van der Waals surface area contributed by atoms with Crippen LogP contribution in [0.3, 0.4) is 0 Å². The summed E-state index contributed by atoms with van der Waals surface area (Å²) < 4.78 is 26.8. The summed E-state index contributed by atoms with van der Waals surface area (Å²) >= 11 is 0. The SMILES string of the molecule is N.c1cocn1.c1cocn1.c1cocn1.c1cocn1.c1cocn1.c1cocn1. The first-order valence-electron chi connectivity index (χ1n) is 7.93. The Morgan fingerprint density at radius 1 is 0.290 bits per heavy atom. The van der Waals surface area contributed by atoms with Crippen LogP contribution in [0.4, 0.5) is 0 Å². The highest BCUT2D eigenvalue weighted by Gasteiger charge is 1.62. The van der Waals surface area contributed by atoms with E-state index in [1.54, 1.807) is 37.2 Å². The topological polar surface area (TPSA) is 191 Å². The van der Waals surface area contributed by atoms with Crippen molar-refractivity contribution in [3.8, 4) is 0 Å². The summed E-state index contributed by atoms with van der Waals surface area (Å²) in [5, 5.41) is 0. The molecule has 6 aromatic heterocycles. The largest absolute Gasteiger partial charge is 0.452 e. The summed E-state index contributed by atoms with van der Waals surface area (Å²) in [6.45, 7) is 0. The lowest BCUT2D eigenvalue weighted by Crippen LogP contribution is -1.38. The third-order valence-electron chi connectivity index (χ3n) is 2.08. The minimum atomic E-state index is 0. The lowest BCUT2D eigenvalue weighted by Gasteiger charge is -1.47. The smallest absolute Gasteiger partial charge is 0.180 e. The Bertz CT molecular complexity index is 586. The molecular formula is C18H21N7O6. The molecule has 13 heteroatoms. The molecule has 0 bridgehead atoms. The Balaban J connectivity index is 0.000000346. The van der Waals surface area contributed by atoms with Gasteiger partial charge in [0.25, 0.3) is 0 Å². The summed E-state index contributed by atoms with van der Waals surface area (Å²) in [5.41, 5.74) is 0. The highest BCUT2D eigenvalue weighted by atomic mass is 16.3. The number of hydrogen-bond donors (Lipinski definition) is 1. The maximum Gasteiger partial charge on any atom is 0.180 e. The van der Waals surface area contributed by atoms with Gasteiger partial charge in [0.05, 0.1) is 37.2 Å². The number of aromatic nitrogens is 6. The van der Waals surface area contributed by atoms with Gasteiger partial charge in [-0.3, -0.25) is 0 Å². The number of oxazole rings is 6. The van der Waals surface area contributed by atoms with Crippen LogP contribution in [0.2, 0.25) is 0 Å². The maximum absolute atomic E-state index is 4.47. The van der Waals surface area contributed by atoms with E-state index in [0.29, 0.717) is 0 Å². The molecule has 6 heterocycles. The summed E-state index contributed by atoms with van der Waals surface area (Å²) in [6.07, 6.45) is 26.8. The molecule has 0 aliphatic rings. The van der Waals surface area contributed by atoms with E-state index in [-0.39, 0.29) is 6.15 Å². The molecule has 6 aromatic rings. The first kappa shape index (κ1) is 26.2. The van der Waals surface area contributed by atoms with Crippen LogP contribution < -0.4 is 6.15 Å². The van der Waals surface area contributed by atoms with Gasteiger partial charge >= 0.3 is 0 Å². The van der Waals surface area contributed by atoms with Crippen molar-refractivity contribution >= 4 is 0 Å². The van der Waals surface area contributed by atoms with E-state index in [1.807, 2.05) is 0 Å². The first-order valence-corrected chi connectivity index (χ1v) is 7.93. The van der Waals surface area contributed by atoms with Crippen molar-refractivity contribution in [3.05, 3.63) is 113 Å². The Morgan fingerprint density at radius 2 is 0.452 bits per heavy atom. The number of hydrogen-bond acceptors (Lipinski definition) is 13. The zero-order valence-electron chi connectivity index (χ0n) is 16.2. The Kier molecular flexibility index (Phi) is 19.7. The summed E-state index contributed by atoms with van der Waals surface area (Å²) in [4.78, 5) is 21.3. The molecule has 13 nitrogen and oxygen atoms in total. The fraction of sp³-hybridized carbons (Fsp3) is 0. The monoisotopic (exact) mass is 431 g/mol. The molecule has 0 atom stereocenters. The van der Waals surface area contributed by atoms with Gasteiger partial charge in [-0.1, -0.05) is 0 Å². The molecule has 0 amide bonds. The van der Waals surface area contributed by atoms with Gasteiger partial charge in [0.1, 0.15) is 37.6 Å². The van der Waals surface area contributed by atoms with Gasteiger partial charge in [-0.05, 0) is 0 Å². The third-order valence-corrected chi connectivity index (χ3v) is 2.08. The summed E-state index contributed by atoms with van der Waals surface area (Å²) in [7, 11) is 0. The van der Waals surface area contributed by atoms with Crippen LogP contribution in [0.5, 0.6) is 0 Å². The molecule has 0 unspecified atom stereocenters. The lowest BCUT2D eigenvalue weighted by atomic mass is 11.0. The van der Waals surface area contributed by atoms with Crippen LogP contribution >= 0.6 is 0 Å². The minimum Gasteiger partial charge on any atom is -0.452 e. The fourth-order valence-corrected chi connectivity index (χ4v) is 1.05. The van der Waals surface area contributed by atoms with Gasteiger partial charge in [-0.15, -0.1) is 0 Å². The third kappa shape index (κ3) is 21.4. The predicted molar refractivity (Wildman–Crippen MR) is 104 cm³/mol. The average Bonchev–Trinajstić information content (AvgIpc) is 3.69. The van der Waals surface area contributed by atoms with Gasteiger partial charge in [-0.2, -0.15) is 0 Å². The predicted octanol–water partition coefficient (Wildman–Crippen LogP) is 4.21. The van der Waals surface area contributed by atoms with Gasteiger partial charge in [0, 0.05) is 0 Å². The van der Waals surface area contributed by atoms with Crippen LogP contribution in [0.1, 0.15) is 0 Å². The first-order chi connectivity index (χ1) is 15.0. The quantitative estimate of drug-likeness (QED) is 0.360. The van der Waals surface area contributed by atoms with E-state index in [1.165, 1.54) is 75.9 Å².